The van der Waals surface area contributed by atoms with Crippen LogP contribution in [0, 0.1) is 11.3 Å². The number of carbonyl (C=O) groups is 1. The molecule has 0 saturated heterocycles. The van der Waals surface area contributed by atoms with Crippen molar-refractivity contribution in [1.29, 1.82) is 5.26 Å². The molecule has 0 atom stereocenters. The molecule has 6 nitrogen and oxygen atoms in total. The van der Waals surface area contributed by atoms with Crippen LogP contribution in [0.25, 0.3) is 0 Å². The first-order valence-electron chi connectivity index (χ1n) is 7.30. The van der Waals surface area contributed by atoms with E-state index >= 15 is 0 Å². The van der Waals surface area contributed by atoms with Crippen molar-refractivity contribution >= 4 is 34.7 Å². The van der Waals surface area contributed by atoms with Gasteiger partial charge >= 0.3 is 0 Å². The highest BCUT2D eigenvalue weighted by atomic mass is 35.5. The Labute approximate surface area is 149 Å². The number of amides is 1. The molecule has 0 fully saturated rings. The van der Waals surface area contributed by atoms with Crippen LogP contribution in [0.5, 0.6) is 0 Å². The van der Waals surface area contributed by atoms with Crippen LogP contribution < -0.4 is 10.6 Å². The van der Waals surface area contributed by atoms with Gasteiger partial charge in [0, 0.05) is 22.5 Å². The Balaban J connectivity index is 1.75. The molecule has 0 spiro atoms. The maximum atomic E-state index is 12.3. The number of benzene rings is 2. The summed E-state index contributed by atoms with van der Waals surface area (Å²) in [6, 6.07) is 17.3. The summed E-state index contributed by atoms with van der Waals surface area (Å²) < 4.78 is 0. The van der Waals surface area contributed by atoms with Crippen LogP contribution >= 0.6 is 11.6 Å². The Morgan fingerprint density at radius 1 is 1.04 bits per heavy atom. The second-order valence-corrected chi connectivity index (χ2v) is 5.50. The molecule has 2 N–H and O–H groups in total. The topological polar surface area (TPSA) is 90.7 Å². The highest BCUT2D eigenvalue weighted by Crippen LogP contribution is 2.18. The number of aromatic nitrogens is 2. The highest BCUT2D eigenvalue weighted by Gasteiger charge is 2.10. The third-order valence-corrected chi connectivity index (χ3v) is 3.52. The summed E-state index contributed by atoms with van der Waals surface area (Å²) in [4.78, 5) is 20.4. The average Bonchev–Trinajstić information content (AvgIpc) is 2.64. The van der Waals surface area contributed by atoms with E-state index < -0.39 is 5.91 Å². The molecule has 1 amide bonds. The van der Waals surface area contributed by atoms with Crippen LogP contribution in [0.2, 0.25) is 5.02 Å². The summed E-state index contributed by atoms with van der Waals surface area (Å²) in [6.07, 6.45) is 1.30. The molecule has 1 aromatic heterocycles. The normalized spacial score (nSPS) is 9.92. The van der Waals surface area contributed by atoms with E-state index in [4.69, 9.17) is 16.9 Å². The zero-order chi connectivity index (χ0) is 17.6. The largest absolute Gasteiger partial charge is 0.340 e. The minimum atomic E-state index is -0.392. The van der Waals surface area contributed by atoms with Gasteiger partial charge in [-0.3, -0.25) is 4.79 Å². The number of carbonyl (C=O) groups excluding carboxylic acids is 1. The molecule has 1 heterocycles. The lowest BCUT2D eigenvalue weighted by molar-refractivity contribution is 0.102. The Bertz CT molecular complexity index is 950. The lowest BCUT2D eigenvalue weighted by Crippen LogP contribution is -2.14. The fourth-order valence-electron chi connectivity index (χ4n) is 2.09. The summed E-state index contributed by atoms with van der Waals surface area (Å²) in [6.45, 7) is 0. The quantitative estimate of drug-likeness (QED) is 0.743. The number of hydrogen-bond acceptors (Lipinski definition) is 5. The first kappa shape index (κ1) is 16.4. The molecule has 0 bridgehead atoms. The number of nitrogens with one attached hydrogen (secondary N) is 2. The molecule has 122 valence electrons. The van der Waals surface area contributed by atoms with Crippen LogP contribution in [0.1, 0.15) is 16.1 Å². The Morgan fingerprint density at radius 3 is 2.60 bits per heavy atom. The summed E-state index contributed by atoms with van der Waals surface area (Å²) in [5.41, 5.74) is 1.98. The molecule has 3 aromatic rings. The minimum Gasteiger partial charge on any atom is -0.340 e. The van der Waals surface area contributed by atoms with Gasteiger partial charge in [0.25, 0.3) is 5.91 Å². The molecule has 7 heteroatoms. The zero-order valence-electron chi connectivity index (χ0n) is 12.9. The van der Waals surface area contributed by atoms with E-state index in [-0.39, 0.29) is 5.69 Å². The van der Waals surface area contributed by atoms with Crippen LogP contribution in [0.3, 0.4) is 0 Å². The summed E-state index contributed by atoms with van der Waals surface area (Å²) >= 11 is 5.85. The standard InChI is InChI=1S/C18H12ClN5O/c19-13-4-6-14(7-5-13)23-17-9-16(21-11-22-17)18(25)24-15-3-1-2-12(8-15)10-20/h1-9,11H,(H,24,25)(H,21,22,23). The van der Waals surface area contributed by atoms with Crippen molar-refractivity contribution in [3.05, 3.63) is 77.2 Å². The number of anilines is 3. The van der Waals surface area contributed by atoms with Crippen LogP contribution in [-0.4, -0.2) is 15.9 Å². The summed E-state index contributed by atoms with van der Waals surface area (Å²) in [7, 11) is 0. The zero-order valence-corrected chi connectivity index (χ0v) is 13.7. The lowest BCUT2D eigenvalue weighted by atomic mass is 10.2. The maximum absolute atomic E-state index is 12.3. The molecule has 0 radical (unpaired) electrons. The third-order valence-electron chi connectivity index (χ3n) is 3.27. The van der Waals surface area contributed by atoms with Crippen molar-refractivity contribution in [3.8, 4) is 6.07 Å². The first-order valence-corrected chi connectivity index (χ1v) is 7.68. The van der Waals surface area contributed by atoms with Gasteiger partial charge in [0.2, 0.25) is 0 Å². The second-order valence-electron chi connectivity index (χ2n) is 5.07. The van der Waals surface area contributed by atoms with Crippen molar-refractivity contribution in [2.24, 2.45) is 0 Å². The average molecular weight is 350 g/mol. The van der Waals surface area contributed by atoms with Crippen LogP contribution in [-0.2, 0) is 0 Å². The van der Waals surface area contributed by atoms with Crippen molar-refractivity contribution in [3.63, 3.8) is 0 Å². The minimum absolute atomic E-state index is 0.203. The van der Waals surface area contributed by atoms with Gasteiger partial charge in [-0.2, -0.15) is 5.26 Å². The van der Waals surface area contributed by atoms with E-state index in [9.17, 15) is 4.79 Å². The fourth-order valence-corrected chi connectivity index (χ4v) is 2.22. The van der Waals surface area contributed by atoms with E-state index in [1.165, 1.54) is 12.4 Å². The van der Waals surface area contributed by atoms with E-state index in [2.05, 4.69) is 20.6 Å². The molecular weight excluding hydrogens is 338 g/mol. The van der Waals surface area contributed by atoms with Gasteiger partial charge in [-0.05, 0) is 42.5 Å². The maximum Gasteiger partial charge on any atom is 0.274 e. The molecule has 2 aromatic carbocycles. The third kappa shape index (κ3) is 4.31. The second kappa shape index (κ2) is 7.43. The molecule has 0 aliphatic heterocycles. The summed E-state index contributed by atoms with van der Waals surface area (Å²) in [5, 5.41) is 15.3. The van der Waals surface area contributed by atoms with Crippen molar-refractivity contribution in [2.45, 2.75) is 0 Å². The van der Waals surface area contributed by atoms with Gasteiger partial charge in [0.05, 0.1) is 11.6 Å². The Kier molecular flexibility index (Phi) is 4.88. The lowest BCUT2D eigenvalue weighted by Gasteiger charge is -2.08. The number of nitriles is 1. The van der Waals surface area contributed by atoms with Gasteiger partial charge in [-0.25, -0.2) is 9.97 Å². The first-order chi connectivity index (χ1) is 12.1. The number of rotatable bonds is 4. The summed E-state index contributed by atoms with van der Waals surface area (Å²) in [5.74, 6) is 0.0879. The smallest absolute Gasteiger partial charge is 0.274 e. The fraction of sp³-hybridized carbons (Fsp3) is 0. The van der Waals surface area contributed by atoms with Gasteiger partial charge in [-0.1, -0.05) is 17.7 Å². The SMILES string of the molecule is N#Cc1cccc(NC(=O)c2cc(Nc3ccc(Cl)cc3)ncn2)c1. The molecule has 3 rings (SSSR count). The molecule has 0 saturated carbocycles. The van der Waals surface area contributed by atoms with Gasteiger partial charge in [0.1, 0.15) is 17.8 Å². The number of hydrogen-bond donors (Lipinski definition) is 2. The van der Waals surface area contributed by atoms with Crippen molar-refractivity contribution in [1.82, 2.24) is 9.97 Å². The van der Waals surface area contributed by atoms with Crippen molar-refractivity contribution < 1.29 is 4.79 Å². The highest BCUT2D eigenvalue weighted by molar-refractivity contribution is 6.30. The predicted molar refractivity (Wildman–Crippen MR) is 95.9 cm³/mol. The van der Waals surface area contributed by atoms with Gasteiger partial charge in [-0.15, -0.1) is 0 Å². The Hall–Kier alpha value is -3.43. The van der Waals surface area contributed by atoms with E-state index in [1.54, 1.807) is 48.5 Å². The monoisotopic (exact) mass is 349 g/mol. The van der Waals surface area contributed by atoms with Crippen molar-refractivity contribution in [2.75, 3.05) is 10.6 Å². The van der Waals surface area contributed by atoms with E-state index in [1.807, 2.05) is 6.07 Å². The predicted octanol–water partition coefficient (Wildman–Crippen LogP) is 4.00. The molecule has 0 aliphatic rings. The molecule has 0 aliphatic carbocycles. The number of halogens is 1. The molecule has 25 heavy (non-hydrogen) atoms. The van der Waals surface area contributed by atoms with Gasteiger partial charge < -0.3 is 10.6 Å². The van der Waals surface area contributed by atoms with Crippen LogP contribution in [0.15, 0.2) is 60.9 Å². The Morgan fingerprint density at radius 2 is 1.84 bits per heavy atom. The van der Waals surface area contributed by atoms with Gasteiger partial charge in [0.15, 0.2) is 0 Å². The van der Waals surface area contributed by atoms with Crippen LogP contribution in [0.4, 0.5) is 17.2 Å². The molecule has 0 unspecified atom stereocenters. The van der Waals surface area contributed by atoms with E-state index in [0.717, 1.165) is 5.69 Å². The number of nitrogens with zero attached hydrogens (tertiary/aromatic N) is 3. The van der Waals surface area contributed by atoms with E-state index in [0.29, 0.717) is 22.1 Å². The molecular formula is C18H12ClN5O.